The Kier molecular flexibility index (Phi) is 53.8. The average molecular weight is 950 g/mol. The summed E-state index contributed by atoms with van der Waals surface area (Å²) in [5.74, 6) is -0.928. The Morgan fingerprint density at radius 2 is 0.574 bits per heavy atom. The molecule has 0 fully saturated rings. The molecule has 0 aromatic carbocycles. The van der Waals surface area contributed by atoms with Gasteiger partial charge in [0.2, 0.25) is 0 Å². The highest BCUT2D eigenvalue weighted by Gasteiger charge is 2.19. The zero-order valence-corrected chi connectivity index (χ0v) is 44.9. The van der Waals surface area contributed by atoms with Crippen LogP contribution in [0.3, 0.4) is 0 Å². The first-order valence-corrected chi connectivity index (χ1v) is 28.9. The van der Waals surface area contributed by atoms with Gasteiger partial charge in [0, 0.05) is 19.3 Å². The fourth-order valence-electron chi connectivity index (χ4n) is 8.11. The van der Waals surface area contributed by atoms with Crippen LogP contribution >= 0.6 is 0 Å². The van der Waals surface area contributed by atoms with Gasteiger partial charge >= 0.3 is 17.9 Å². The molecule has 0 aromatic rings. The molecule has 0 radical (unpaired) electrons. The highest BCUT2D eigenvalue weighted by molar-refractivity contribution is 5.71. The fraction of sp³-hybridized carbons (Fsp3) is 0.758. The van der Waals surface area contributed by atoms with Gasteiger partial charge in [0.25, 0.3) is 0 Å². The second-order valence-corrected chi connectivity index (χ2v) is 19.2. The summed E-state index contributed by atoms with van der Waals surface area (Å²) in [7, 11) is 0. The van der Waals surface area contributed by atoms with Gasteiger partial charge in [0.15, 0.2) is 6.10 Å². The average Bonchev–Trinajstić information content (AvgIpc) is 3.34. The van der Waals surface area contributed by atoms with E-state index >= 15 is 0 Å². The molecule has 0 saturated carbocycles. The Labute approximate surface area is 421 Å². The lowest BCUT2D eigenvalue weighted by Crippen LogP contribution is -2.30. The largest absolute Gasteiger partial charge is 0.462 e. The van der Waals surface area contributed by atoms with Crippen molar-refractivity contribution >= 4 is 17.9 Å². The molecule has 0 heterocycles. The number of carbonyl (C=O) groups excluding carboxylic acids is 3. The van der Waals surface area contributed by atoms with Crippen molar-refractivity contribution in [1.82, 2.24) is 0 Å². The maximum Gasteiger partial charge on any atom is 0.306 e. The number of allylic oxidation sites excluding steroid dienone is 12. The van der Waals surface area contributed by atoms with Gasteiger partial charge in [-0.15, -0.1) is 0 Å². The third-order valence-corrected chi connectivity index (χ3v) is 12.4. The van der Waals surface area contributed by atoms with E-state index in [1.54, 1.807) is 0 Å². The number of hydrogen-bond donors (Lipinski definition) is 0. The highest BCUT2D eigenvalue weighted by Crippen LogP contribution is 2.16. The van der Waals surface area contributed by atoms with Gasteiger partial charge in [-0.1, -0.05) is 248 Å². The second kappa shape index (κ2) is 56.4. The van der Waals surface area contributed by atoms with Gasteiger partial charge in [0.05, 0.1) is 0 Å². The Hall–Kier alpha value is -3.15. The predicted octanol–water partition coefficient (Wildman–Crippen LogP) is 19.4. The molecule has 1 atom stereocenters. The maximum atomic E-state index is 12.8. The lowest BCUT2D eigenvalue weighted by molar-refractivity contribution is -0.167. The van der Waals surface area contributed by atoms with E-state index < -0.39 is 6.10 Å². The second-order valence-electron chi connectivity index (χ2n) is 19.2. The molecule has 392 valence electrons. The molecule has 0 amide bonds. The molecular weight excluding hydrogens is 841 g/mol. The summed E-state index contributed by atoms with van der Waals surface area (Å²) >= 11 is 0. The van der Waals surface area contributed by atoms with Crippen LogP contribution in [0.1, 0.15) is 284 Å². The van der Waals surface area contributed by atoms with Gasteiger partial charge in [-0.25, -0.2) is 0 Å². The van der Waals surface area contributed by atoms with E-state index in [2.05, 4.69) is 93.7 Å². The summed E-state index contributed by atoms with van der Waals surface area (Å²) in [5.41, 5.74) is 0. The molecule has 6 nitrogen and oxygen atoms in total. The first kappa shape index (κ1) is 64.8. The van der Waals surface area contributed by atoms with Crippen LogP contribution in [0.2, 0.25) is 0 Å². The Bertz CT molecular complexity index is 1270. The lowest BCUT2D eigenvalue weighted by Gasteiger charge is -2.18. The molecule has 0 aromatic heterocycles. The maximum absolute atomic E-state index is 12.8. The molecular formula is C62H108O6. The Morgan fingerprint density at radius 1 is 0.309 bits per heavy atom. The molecule has 0 rings (SSSR count). The van der Waals surface area contributed by atoms with Crippen molar-refractivity contribution in [2.24, 2.45) is 0 Å². The van der Waals surface area contributed by atoms with Crippen molar-refractivity contribution < 1.29 is 28.6 Å². The van der Waals surface area contributed by atoms with Gasteiger partial charge in [-0.2, -0.15) is 0 Å². The number of esters is 3. The quantitative estimate of drug-likeness (QED) is 0.0262. The third-order valence-electron chi connectivity index (χ3n) is 12.4. The van der Waals surface area contributed by atoms with Gasteiger partial charge < -0.3 is 14.2 Å². The van der Waals surface area contributed by atoms with Crippen molar-refractivity contribution in [3.63, 3.8) is 0 Å². The van der Waals surface area contributed by atoms with Crippen LogP contribution in [0.5, 0.6) is 0 Å². The van der Waals surface area contributed by atoms with Crippen molar-refractivity contribution in [2.45, 2.75) is 290 Å². The standard InChI is InChI=1S/C62H108O6/c1-4-7-10-13-16-19-22-25-28-29-30-31-32-33-35-37-40-43-46-49-52-55-61(64)67-58-59(57-66-60(63)54-51-48-45-42-39-36-27-24-21-18-15-12-9-6-3)68-62(65)56-53-50-47-44-41-38-34-26-23-20-17-14-11-8-5-2/h8,11,17,20,22,25-26,29-30,34,41,44,59H,4-7,9-10,12-16,18-19,21,23-24,27-28,31-33,35-40,42-43,45-58H2,1-3H3/b11-8-,20-17-,25-22-,30-29-,34-26-,44-41-. The first-order chi connectivity index (χ1) is 33.5. The fourth-order valence-corrected chi connectivity index (χ4v) is 8.11. The SMILES string of the molecule is CC/C=C\C/C=C\C/C=C\C/C=C\CCCCC(=O)OC(COC(=O)CCCCCCCCCCC/C=C\C/C=C\CCCCCCC)COC(=O)CCCCCCCCCCCCCCCC. The number of ether oxygens (including phenoxy) is 3. The third kappa shape index (κ3) is 53.8. The van der Waals surface area contributed by atoms with Crippen molar-refractivity contribution in [3.05, 3.63) is 72.9 Å². The summed E-state index contributed by atoms with van der Waals surface area (Å²) in [4.78, 5) is 38.1. The topological polar surface area (TPSA) is 78.9 Å². The zero-order chi connectivity index (χ0) is 49.3. The monoisotopic (exact) mass is 949 g/mol. The van der Waals surface area contributed by atoms with Crippen LogP contribution in [0, 0.1) is 0 Å². The van der Waals surface area contributed by atoms with E-state index in [0.29, 0.717) is 19.3 Å². The minimum Gasteiger partial charge on any atom is -0.462 e. The van der Waals surface area contributed by atoms with Crippen molar-refractivity contribution in [1.29, 1.82) is 0 Å². The summed E-state index contributed by atoms with van der Waals surface area (Å²) < 4.78 is 16.8. The molecule has 68 heavy (non-hydrogen) atoms. The molecule has 0 aliphatic carbocycles. The highest BCUT2D eigenvalue weighted by atomic mass is 16.6. The first-order valence-electron chi connectivity index (χ1n) is 28.9. The minimum absolute atomic E-state index is 0.0912. The molecule has 6 heteroatoms. The molecule has 0 aliphatic rings. The number of carbonyl (C=O) groups is 3. The lowest BCUT2D eigenvalue weighted by atomic mass is 10.0. The minimum atomic E-state index is -0.797. The van der Waals surface area contributed by atoms with Crippen LogP contribution in [-0.2, 0) is 28.6 Å². The van der Waals surface area contributed by atoms with E-state index in [0.717, 1.165) is 83.5 Å². The van der Waals surface area contributed by atoms with Crippen LogP contribution in [0.25, 0.3) is 0 Å². The molecule has 1 unspecified atom stereocenters. The molecule has 0 N–H and O–H groups in total. The molecule has 0 saturated heterocycles. The number of unbranched alkanes of at least 4 members (excludes halogenated alkanes) is 29. The summed E-state index contributed by atoms with van der Waals surface area (Å²) in [6.07, 6.45) is 71.8. The zero-order valence-electron chi connectivity index (χ0n) is 44.9. The van der Waals surface area contributed by atoms with Gasteiger partial charge in [0.1, 0.15) is 13.2 Å². The Morgan fingerprint density at radius 3 is 0.926 bits per heavy atom. The van der Waals surface area contributed by atoms with E-state index in [1.165, 1.54) is 154 Å². The summed E-state index contributed by atoms with van der Waals surface area (Å²) in [6, 6.07) is 0. The summed E-state index contributed by atoms with van der Waals surface area (Å²) in [5, 5.41) is 0. The van der Waals surface area contributed by atoms with Crippen LogP contribution < -0.4 is 0 Å². The van der Waals surface area contributed by atoms with Crippen LogP contribution in [0.4, 0.5) is 0 Å². The molecule has 0 bridgehead atoms. The normalized spacial score (nSPS) is 12.6. The van der Waals surface area contributed by atoms with Gasteiger partial charge in [-0.3, -0.25) is 14.4 Å². The molecule has 0 aliphatic heterocycles. The predicted molar refractivity (Wildman–Crippen MR) is 293 cm³/mol. The number of hydrogen-bond acceptors (Lipinski definition) is 6. The van der Waals surface area contributed by atoms with Crippen molar-refractivity contribution in [3.8, 4) is 0 Å². The van der Waals surface area contributed by atoms with E-state index in [-0.39, 0.29) is 37.5 Å². The van der Waals surface area contributed by atoms with E-state index in [1.807, 2.05) is 0 Å². The van der Waals surface area contributed by atoms with E-state index in [4.69, 9.17) is 14.2 Å². The Balaban J connectivity index is 4.39. The van der Waals surface area contributed by atoms with E-state index in [9.17, 15) is 14.4 Å². The summed E-state index contributed by atoms with van der Waals surface area (Å²) in [6.45, 7) is 6.50. The molecule has 0 spiro atoms. The smallest absolute Gasteiger partial charge is 0.306 e. The van der Waals surface area contributed by atoms with Crippen LogP contribution in [0.15, 0.2) is 72.9 Å². The van der Waals surface area contributed by atoms with Crippen molar-refractivity contribution in [2.75, 3.05) is 13.2 Å². The van der Waals surface area contributed by atoms with Crippen LogP contribution in [-0.4, -0.2) is 37.2 Å². The number of rotatable bonds is 52. The van der Waals surface area contributed by atoms with Gasteiger partial charge in [-0.05, 0) is 89.9 Å².